The standard InChI is InChI=1S/C15H24BrNOS/c1-3-7-17-13(10-15-12(16)6-9-19-15)11-5-8-18-14(11)4-2/h6,9,11,13-14,17H,3-5,7-8,10H2,1-2H3. The van der Waals surface area contributed by atoms with Gasteiger partial charge in [0.15, 0.2) is 0 Å². The third kappa shape index (κ3) is 4.03. The summed E-state index contributed by atoms with van der Waals surface area (Å²) in [5.74, 6) is 0.658. The van der Waals surface area contributed by atoms with E-state index < -0.39 is 0 Å². The molecule has 2 heterocycles. The van der Waals surface area contributed by atoms with Crippen molar-refractivity contribution in [2.75, 3.05) is 13.2 Å². The van der Waals surface area contributed by atoms with Gasteiger partial charge < -0.3 is 10.1 Å². The zero-order valence-electron chi connectivity index (χ0n) is 11.8. The van der Waals surface area contributed by atoms with E-state index in [1.807, 2.05) is 11.3 Å². The summed E-state index contributed by atoms with van der Waals surface area (Å²) >= 11 is 5.51. The lowest BCUT2D eigenvalue weighted by Gasteiger charge is -2.28. The Morgan fingerprint density at radius 3 is 3.00 bits per heavy atom. The second kappa shape index (κ2) is 7.77. The normalized spacial score (nSPS) is 24.8. The van der Waals surface area contributed by atoms with E-state index in [2.05, 4.69) is 46.5 Å². The summed E-state index contributed by atoms with van der Waals surface area (Å²) in [7, 11) is 0. The predicted octanol–water partition coefficient (Wildman–Crippen LogP) is 4.24. The van der Waals surface area contributed by atoms with Crippen molar-refractivity contribution in [1.29, 1.82) is 0 Å². The van der Waals surface area contributed by atoms with Crippen molar-refractivity contribution in [3.8, 4) is 0 Å². The van der Waals surface area contributed by atoms with E-state index in [0.717, 1.165) is 26.0 Å². The van der Waals surface area contributed by atoms with Gasteiger partial charge in [0.05, 0.1) is 6.10 Å². The van der Waals surface area contributed by atoms with Gasteiger partial charge in [0.25, 0.3) is 0 Å². The molecule has 3 atom stereocenters. The summed E-state index contributed by atoms with van der Waals surface area (Å²) in [5, 5.41) is 5.91. The average Bonchev–Trinajstić information content (AvgIpc) is 3.03. The summed E-state index contributed by atoms with van der Waals surface area (Å²) in [6.45, 7) is 6.49. The maximum Gasteiger partial charge on any atom is 0.0616 e. The van der Waals surface area contributed by atoms with Crippen LogP contribution in [0.4, 0.5) is 0 Å². The van der Waals surface area contributed by atoms with Crippen LogP contribution >= 0.6 is 27.3 Å². The molecule has 0 amide bonds. The van der Waals surface area contributed by atoms with E-state index in [9.17, 15) is 0 Å². The summed E-state index contributed by atoms with van der Waals surface area (Å²) in [6, 6.07) is 2.70. The van der Waals surface area contributed by atoms with Crippen LogP contribution < -0.4 is 5.32 Å². The summed E-state index contributed by atoms with van der Waals surface area (Å²) in [6.07, 6.45) is 5.06. The fraction of sp³-hybridized carbons (Fsp3) is 0.733. The maximum absolute atomic E-state index is 5.88. The van der Waals surface area contributed by atoms with Crippen LogP contribution in [0, 0.1) is 5.92 Å². The highest BCUT2D eigenvalue weighted by molar-refractivity contribution is 9.10. The minimum atomic E-state index is 0.438. The smallest absolute Gasteiger partial charge is 0.0616 e. The molecule has 1 N–H and O–H groups in total. The Kier molecular flexibility index (Phi) is 6.33. The van der Waals surface area contributed by atoms with Crippen molar-refractivity contribution >= 4 is 27.3 Å². The maximum atomic E-state index is 5.88. The molecule has 108 valence electrons. The molecule has 0 aliphatic carbocycles. The molecule has 1 aromatic rings. The van der Waals surface area contributed by atoms with Crippen LogP contribution in [0.15, 0.2) is 15.9 Å². The van der Waals surface area contributed by atoms with Gasteiger partial charge in [-0.05, 0) is 59.6 Å². The van der Waals surface area contributed by atoms with E-state index in [1.54, 1.807) is 0 Å². The SMILES string of the molecule is CCCNC(Cc1sccc1Br)C1CCOC1CC. The van der Waals surface area contributed by atoms with Gasteiger partial charge in [0, 0.05) is 27.9 Å². The Morgan fingerprint density at radius 1 is 1.53 bits per heavy atom. The van der Waals surface area contributed by atoms with Crippen LogP contribution in [0.1, 0.15) is 38.0 Å². The number of rotatable bonds is 7. The first-order valence-corrected chi connectivity index (χ1v) is 9.00. The minimum Gasteiger partial charge on any atom is -0.378 e. The predicted molar refractivity (Wildman–Crippen MR) is 85.9 cm³/mol. The number of nitrogens with one attached hydrogen (secondary N) is 1. The van der Waals surface area contributed by atoms with Crippen LogP contribution in [0.3, 0.4) is 0 Å². The Morgan fingerprint density at radius 2 is 2.37 bits per heavy atom. The van der Waals surface area contributed by atoms with Crippen molar-refractivity contribution in [1.82, 2.24) is 5.32 Å². The van der Waals surface area contributed by atoms with Crippen molar-refractivity contribution in [3.63, 3.8) is 0 Å². The van der Waals surface area contributed by atoms with Gasteiger partial charge in [-0.15, -0.1) is 11.3 Å². The molecule has 0 saturated carbocycles. The number of hydrogen-bond donors (Lipinski definition) is 1. The first-order valence-electron chi connectivity index (χ1n) is 7.33. The molecule has 2 rings (SSSR count). The Labute approximate surface area is 129 Å². The van der Waals surface area contributed by atoms with Crippen molar-refractivity contribution in [3.05, 3.63) is 20.8 Å². The summed E-state index contributed by atoms with van der Waals surface area (Å²) in [4.78, 5) is 1.45. The molecular weight excluding hydrogens is 322 g/mol. The second-order valence-corrected chi connectivity index (χ2v) is 7.08. The topological polar surface area (TPSA) is 21.3 Å². The van der Waals surface area contributed by atoms with Crippen molar-refractivity contribution in [2.24, 2.45) is 5.92 Å². The Balaban J connectivity index is 2.04. The zero-order chi connectivity index (χ0) is 13.7. The highest BCUT2D eigenvalue weighted by atomic mass is 79.9. The molecule has 4 heteroatoms. The van der Waals surface area contributed by atoms with Crippen LogP contribution in [0.5, 0.6) is 0 Å². The Bertz CT molecular complexity index is 382. The molecule has 0 bridgehead atoms. The van der Waals surface area contributed by atoms with Gasteiger partial charge in [0.1, 0.15) is 0 Å². The molecule has 2 nitrogen and oxygen atoms in total. The quantitative estimate of drug-likeness (QED) is 0.797. The van der Waals surface area contributed by atoms with Crippen LogP contribution in [-0.2, 0) is 11.2 Å². The van der Waals surface area contributed by atoms with Crippen LogP contribution in [-0.4, -0.2) is 25.3 Å². The number of ether oxygens (including phenoxy) is 1. The van der Waals surface area contributed by atoms with Gasteiger partial charge >= 0.3 is 0 Å². The van der Waals surface area contributed by atoms with Gasteiger partial charge in [-0.2, -0.15) is 0 Å². The molecule has 1 saturated heterocycles. The van der Waals surface area contributed by atoms with Gasteiger partial charge in [-0.3, -0.25) is 0 Å². The lowest BCUT2D eigenvalue weighted by molar-refractivity contribution is 0.0775. The van der Waals surface area contributed by atoms with Crippen LogP contribution in [0.2, 0.25) is 0 Å². The van der Waals surface area contributed by atoms with E-state index in [-0.39, 0.29) is 0 Å². The molecule has 19 heavy (non-hydrogen) atoms. The van der Waals surface area contributed by atoms with Crippen molar-refractivity contribution in [2.45, 2.75) is 51.7 Å². The summed E-state index contributed by atoms with van der Waals surface area (Å²) < 4.78 is 7.13. The van der Waals surface area contributed by atoms with Crippen molar-refractivity contribution < 1.29 is 4.74 Å². The largest absolute Gasteiger partial charge is 0.378 e. The molecule has 0 radical (unpaired) electrons. The molecule has 1 aromatic heterocycles. The zero-order valence-corrected chi connectivity index (χ0v) is 14.2. The van der Waals surface area contributed by atoms with Crippen LogP contribution in [0.25, 0.3) is 0 Å². The third-order valence-electron chi connectivity index (χ3n) is 3.93. The first kappa shape index (κ1) is 15.5. The lowest BCUT2D eigenvalue weighted by Crippen LogP contribution is -2.41. The monoisotopic (exact) mass is 345 g/mol. The van der Waals surface area contributed by atoms with E-state index >= 15 is 0 Å². The van der Waals surface area contributed by atoms with Gasteiger partial charge in [0.2, 0.25) is 0 Å². The van der Waals surface area contributed by atoms with Gasteiger partial charge in [-0.1, -0.05) is 13.8 Å². The Hall–Kier alpha value is 0.1000. The average molecular weight is 346 g/mol. The van der Waals surface area contributed by atoms with E-state index in [1.165, 1.54) is 22.2 Å². The first-order chi connectivity index (χ1) is 9.26. The highest BCUT2D eigenvalue weighted by Gasteiger charge is 2.33. The second-order valence-electron chi connectivity index (χ2n) is 5.23. The number of hydrogen-bond acceptors (Lipinski definition) is 3. The fourth-order valence-corrected chi connectivity index (χ4v) is 4.50. The minimum absolute atomic E-state index is 0.438. The number of halogens is 1. The van der Waals surface area contributed by atoms with Gasteiger partial charge in [-0.25, -0.2) is 0 Å². The molecule has 0 aromatic carbocycles. The molecule has 0 spiro atoms. The third-order valence-corrected chi connectivity index (χ3v) is 5.88. The lowest BCUT2D eigenvalue weighted by atomic mass is 9.88. The molecule has 1 fully saturated rings. The number of thiophene rings is 1. The molecule has 1 aliphatic heterocycles. The molecule has 1 aliphatic rings. The highest BCUT2D eigenvalue weighted by Crippen LogP contribution is 2.31. The van der Waals surface area contributed by atoms with E-state index in [4.69, 9.17) is 4.74 Å². The molecule has 3 unspecified atom stereocenters. The molecular formula is C15H24BrNOS. The summed E-state index contributed by atoms with van der Waals surface area (Å²) in [5.41, 5.74) is 0. The van der Waals surface area contributed by atoms with E-state index in [0.29, 0.717) is 18.1 Å². The fourth-order valence-electron chi connectivity index (χ4n) is 2.92.